The van der Waals surface area contributed by atoms with Gasteiger partial charge >= 0.3 is 5.97 Å². The van der Waals surface area contributed by atoms with Gasteiger partial charge < -0.3 is 18.6 Å². The molecule has 1 atom stereocenters. The number of nitrogens with zero attached hydrogens (tertiary/aromatic N) is 1. The minimum absolute atomic E-state index is 0.0184. The molecule has 1 amide bonds. The predicted molar refractivity (Wildman–Crippen MR) is 156 cm³/mol. The molecule has 0 saturated heterocycles. The molecule has 0 spiro atoms. The first-order chi connectivity index (χ1) is 19.8. The Bertz CT molecular complexity index is 1720. The van der Waals surface area contributed by atoms with Crippen LogP contribution >= 0.6 is 0 Å². The normalized spacial score (nSPS) is 14.2. The van der Waals surface area contributed by atoms with E-state index in [0.717, 1.165) is 11.1 Å². The maximum atomic E-state index is 14.1. The Morgan fingerprint density at radius 3 is 2.37 bits per heavy atom. The quantitative estimate of drug-likeness (QED) is 0.177. The summed E-state index contributed by atoms with van der Waals surface area (Å²) < 4.78 is 22.9. The molecule has 0 saturated carbocycles. The Labute approximate surface area is 237 Å². The molecule has 5 rings (SSSR count). The Balaban J connectivity index is 1.72. The first-order valence-corrected chi connectivity index (χ1v) is 13.5. The molecule has 4 aromatic rings. The summed E-state index contributed by atoms with van der Waals surface area (Å²) in [5.74, 6) is 0.0483. The van der Waals surface area contributed by atoms with E-state index in [1.807, 2.05) is 20.8 Å². The van der Waals surface area contributed by atoms with E-state index in [9.17, 15) is 14.4 Å². The van der Waals surface area contributed by atoms with E-state index in [4.69, 9.17) is 18.6 Å². The van der Waals surface area contributed by atoms with Gasteiger partial charge in [-0.3, -0.25) is 14.5 Å². The van der Waals surface area contributed by atoms with Gasteiger partial charge in [0.05, 0.1) is 35.8 Å². The lowest BCUT2D eigenvalue weighted by molar-refractivity contribution is 0.0526. The molecule has 1 aliphatic heterocycles. The zero-order chi connectivity index (χ0) is 29.3. The van der Waals surface area contributed by atoms with E-state index in [2.05, 4.69) is 6.58 Å². The van der Waals surface area contributed by atoms with Crippen molar-refractivity contribution in [3.05, 3.63) is 111 Å². The molecule has 8 heteroatoms. The van der Waals surface area contributed by atoms with Gasteiger partial charge in [0.1, 0.15) is 12.2 Å². The highest BCUT2D eigenvalue weighted by atomic mass is 16.5. The number of carbonyl (C=O) groups excluding carboxylic acids is 2. The van der Waals surface area contributed by atoms with E-state index < -0.39 is 17.9 Å². The summed E-state index contributed by atoms with van der Waals surface area (Å²) in [5, 5.41) is 0.403. The van der Waals surface area contributed by atoms with E-state index >= 15 is 0 Å². The Hall–Kier alpha value is -4.85. The highest BCUT2D eigenvalue weighted by Crippen LogP contribution is 2.43. The fourth-order valence-corrected chi connectivity index (χ4v) is 5.01. The molecule has 210 valence electrons. The monoisotopic (exact) mass is 553 g/mol. The molecule has 0 radical (unpaired) electrons. The van der Waals surface area contributed by atoms with Crippen LogP contribution in [-0.2, 0) is 4.74 Å². The van der Waals surface area contributed by atoms with Crippen LogP contribution in [0.4, 0.5) is 5.69 Å². The second-order valence-corrected chi connectivity index (χ2v) is 9.69. The molecule has 0 N–H and O–H groups in total. The molecular weight excluding hydrogens is 522 g/mol. The molecule has 0 fully saturated rings. The fourth-order valence-electron chi connectivity index (χ4n) is 5.01. The van der Waals surface area contributed by atoms with Gasteiger partial charge in [-0.2, -0.15) is 0 Å². The van der Waals surface area contributed by atoms with Gasteiger partial charge in [0, 0.05) is 5.69 Å². The number of rotatable bonds is 9. The van der Waals surface area contributed by atoms with Crippen molar-refractivity contribution in [2.45, 2.75) is 33.7 Å². The van der Waals surface area contributed by atoms with Gasteiger partial charge in [0.15, 0.2) is 16.9 Å². The SMILES string of the molecule is C=CCOc1ccc(C2c3c(oc4cc(C)c(C)cc4c3=O)C(=O)N2c2ccc(C(=O)OCC)cc2)cc1OCC. The number of aryl methyl sites for hydroxylation is 2. The van der Waals surface area contributed by atoms with E-state index in [1.54, 1.807) is 67.6 Å². The van der Waals surface area contributed by atoms with Gasteiger partial charge in [-0.05, 0) is 92.9 Å². The van der Waals surface area contributed by atoms with Gasteiger partial charge in [-0.25, -0.2) is 4.79 Å². The second-order valence-electron chi connectivity index (χ2n) is 9.69. The summed E-state index contributed by atoms with van der Waals surface area (Å²) >= 11 is 0. The number of anilines is 1. The molecule has 1 aliphatic rings. The van der Waals surface area contributed by atoms with Crippen molar-refractivity contribution in [2.75, 3.05) is 24.7 Å². The lowest BCUT2D eigenvalue weighted by Crippen LogP contribution is -2.29. The third kappa shape index (κ3) is 4.97. The van der Waals surface area contributed by atoms with E-state index in [1.165, 1.54) is 4.90 Å². The molecule has 2 heterocycles. The van der Waals surface area contributed by atoms with Crippen LogP contribution in [0, 0.1) is 13.8 Å². The summed E-state index contributed by atoms with van der Waals surface area (Å²) in [6.45, 7) is 12.1. The molecule has 8 nitrogen and oxygen atoms in total. The van der Waals surface area contributed by atoms with Gasteiger partial charge in [0.2, 0.25) is 5.76 Å². The van der Waals surface area contributed by atoms with Crippen LogP contribution in [0.3, 0.4) is 0 Å². The summed E-state index contributed by atoms with van der Waals surface area (Å²) in [6.07, 6.45) is 1.64. The summed E-state index contributed by atoms with van der Waals surface area (Å²) in [5.41, 5.74) is 3.68. The minimum atomic E-state index is -0.819. The lowest BCUT2D eigenvalue weighted by atomic mass is 9.96. The second kappa shape index (κ2) is 11.3. The molecule has 41 heavy (non-hydrogen) atoms. The van der Waals surface area contributed by atoms with Crippen LogP contribution in [0.5, 0.6) is 11.5 Å². The number of amides is 1. The standard InChI is InChI=1S/C33H31NO7/c1-6-15-40-25-14-11-22(18-27(25)38-7-2)29-28-30(35)24-16-19(4)20(5)17-26(24)41-31(28)32(36)34(29)23-12-9-21(10-13-23)33(37)39-8-3/h6,9-14,16-18,29H,1,7-8,15H2,2-5H3. The van der Waals surface area contributed by atoms with Crippen LogP contribution in [0.15, 0.2) is 76.5 Å². The molecule has 1 unspecified atom stereocenters. The van der Waals surface area contributed by atoms with Gasteiger partial charge in [-0.1, -0.05) is 18.7 Å². The number of esters is 1. The van der Waals surface area contributed by atoms with Crippen molar-refractivity contribution in [2.24, 2.45) is 0 Å². The zero-order valence-electron chi connectivity index (χ0n) is 23.5. The van der Waals surface area contributed by atoms with Crippen LogP contribution in [0.1, 0.15) is 63.1 Å². The van der Waals surface area contributed by atoms with Crippen LogP contribution < -0.4 is 19.8 Å². The summed E-state index contributed by atoms with van der Waals surface area (Å²) in [4.78, 5) is 41.8. The lowest BCUT2D eigenvalue weighted by Gasteiger charge is -2.26. The van der Waals surface area contributed by atoms with Gasteiger partial charge in [-0.15, -0.1) is 0 Å². The van der Waals surface area contributed by atoms with Crippen molar-refractivity contribution < 1.29 is 28.2 Å². The Morgan fingerprint density at radius 2 is 1.68 bits per heavy atom. The number of fused-ring (bicyclic) bond motifs is 2. The van der Waals surface area contributed by atoms with E-state index in [-0.39, 0.29) is 30.0 Å². The molecule has 0 aliphatic carbocycles. The highest BCUT2D eigenvalue weighted by Gasteiger charge is 2.44. The fraction of sp³-hybridized carbons (Fsp3) is 0.242. The van der Waals surface area contributed by atoms with Crippen LogP contribution in [0.25, 0.3) is 11.0 Å². The largest absolute Gasteiger partial charge is 0.490 e. The van der Waals surface area contributed by atoms with Crippen molar-refractivity contribution in [1.29, 1.82) is 0 Å². The number of carbonyl (C=O) groups is 2. The average molecular weight is 554 g/mol. The first kappa shape index (κ1) is 27.7. The Kier molecular flexibility index (Phi) is 7.66. The Morgan fingerprint density at radius 1 is 0.951 bits per heavy atom. The minimum Gasteiger partial charge on any atom is -0.490 e. The van der Waals surface area contributed by atoms with Crippen molar-refractivity contribution in [3.8, 4) is 11.5 Å². The van der Waals surface area contributed by atoms with Crippen LogP contribution in [-0.4, -0.2) is 31.7 Å². The van der Waals surface area contributed by atoms with Crippen molar-refractivity contribution in [1.82, 2.24) is 0 Å². The number of hydrogen-bond donors (Lipinski definition) is 0. The van der Waals surface area contributed by atoms with Crippen molar-refractivity contribution >= 4 is 28.5 Å². The first-order valence-electron chi connectivity index (χ1n) is 13.5. The summed E-state index contributed by atoms with van der Waals surface area (Å²) in [7, 11) is 0. The number of benzene rings is 3. The maximum Gasteiger partial charge on any atom is 0.338 e. The molecule has 3 aromatic carbocycles. The smallest absolute Gasteiger partial charge is 0.338 e. The molecular formula is C33H31NO7. The topological polar surface area (TPSA) is 95.3 Å². The van der Waals surface area contributed by atoms with E-state index in [0.29, 0.717) is 45.9 Å². The zero-order valence-corrected chi connectivity index (χ0v) is 23.5. The maximum absolute atomic E-state index is 14.1. The number of hydrogen-bond acceptors (Lipinski definition) is 7. The molecule has 1 aromatic heterocycles. The molecule has 0 bridgehead atoms. The summed E-state index contributed by atoms with van der Waals surface area (Å²) in [6, 6.07) is 14.6. The van der Waals surface area contributed by atoms with Crippen molar-refractivity contribution in [3.63, 3.8) is 0 Å². The predicted octanol–water partition coefficient (Wildman–Crippen LogP) is 6.30. The average Bonchev–Trinajstić information content (AvgIpc) is 3.26. The van der Waals surface area contributed by atoms with Gasteiger partial charge in [0.25, 0.3) is 5.91 Å². The van der Waals surface area contributed by atoms with Crippen LogP contribution in [0.2, 0.25) is 0 Å². The third-order valence-electron chi connectivity index (χ3n) is 7.08. The number of ether oxygens (including phenoxy) is 3. The third-order valence-corrected chi connectivity index (χ3v) is 7.08. The highest BCUT2D eigenvalue weighted by molar-refractivity contribution is 6.11.